The number of sulfonamides is 1. The molecule has 1 aromatic rings. The van der Waals surface area contributed by atoms with Gasteiger partial charge in [-0.3, -0.25) is 4.79 Å². The molecule has 1 N–H and O–H groups in total. The van der Waals surface area contributed by atoms with Gasteiger partial charge < -0.3 is 14.5 Å². The normalized spacial score (nSPS) is 22.3. The largest absolute Gasteiger partial charge is 0.377 e. The fourth-order valence-electron chi connectivity index (χ4n) is 3.06. The maximum Gasteiger partial charge on any atom is 0.253 e. The minimum atomic E-state index is -3.58. The van der Waals surface area contributed by atoms with Crippen LogP contribution in [0.5, 0.6) is 0 Å². The highest BCUT2D eigenvalue weighted by atomic mass is 32.2. The minimum absolute atomic E-state index is 0.0483. The highest BCUT2D eigenvalue weighted by Crippen LogP contribution is 2.15. The Morgan fingerprint density at radius 2 is 1.88 bits per heavy atom. The average Bonchev–Trinajstić information content (AvgIpc) is 3.14. The topological polar surface area (TPSA) is 79.0 Å². The Bertz CT molecular complexity index is 691. The first-order valence-corrected chi connectivity index (χ1v) is 10.1. The van der Waals surface area contributed by atoms with Gasteiger partial charge in [0.15, 0.2) is 0 Å². The fourth-order valence-corrected chi connectivity index (χ4v) is 4.13. The Balaban J connectivity index is 1.61. The van der Waals surface area contributed by atoms with E-state index in [-0.39, 0.29) is 23.5 Å². The van der Waals surface area contributed by atoms with Crippen molar-refractivity contribution in [2.24, 2.45) is 0 Å². The molecule has 3 rings (SSSR count). The van der Waals surface area contributed by atoms with Gasteiger partial charge in [0.2, 0.25) is 10.0 Å². The lowest BCUT2D eigenvalue weighted by molar-refractivity contribution is 0.0664. The number of ether oxygens (including phenoxy) is 1. The number of amides is 1. The first-order chi connectivity index (χ1) is 12.0. The predicted octanol–water partition coefficient (Wildman–Crippen LogP) is 0.532. The maximum atomic E-state index is 12.5. The van der Waals surface area contributed by atoms with Crippen LogP contribution in [0.1, 0.15) is 23.2 Å². The van der Waals surface area contributed by atoms with Crippen molar-refractivity contribution in [2.45, 2.75) is 23.8 Å². The Morgan fingerprint density at radius 3 is 2.48 bits per heavy atom. The molecular formula is C17H25N3O4S. The van der Waals surface area contributed by atoms with Crippen molar-refractivity contribution in [2.75, 3.05) is 46.4 Å². The quantitative estimate of drug-likeness (QED) is 0.821. The molecule has 0 aromatic heterocycles. The molecule has 0 spiro atoms. The maximum absolute atomic E-state index is 12.5. The zero-order valence-corrected chi connectivity index (χ0v) is 15.3. The zero-order valence-electron chi connectivity index (χ0n) is 14.5. The number of piperazine rings is 1. The van der Waals surface area contributed by atoms with Gasteiger partial charge in [0.1, 0.15) is 0 Å². The molecular weight excluding hydrogens is 342 g/mol. The van der Waals surface area contributed by atoms with Gasteiger partial charge in [-0.2, -0.15) is 0 Å². The van der Waals surface area contributed by atoms with Crippen LogP contribution in [0.4, 0.5) is 0 Å². The Hall–Kier alpha value is -1.48. The standard InChI is InChI=1S/C17H25N3O4S/c1-19-8-10-20(11-9-19)17(21)14-4-6-16(7-5-14)25(22,23)18-13-15-3-2-12-24-15/h4-7,15,18H,2-3,8-13H2,1H3. The summed E-state index contributed by atoms with van der Waals surface area (Å²) in [4.78, 5) is 16.6. The Kier molecular flexibility index (Phi) is 5.73. The minimum Gasteiger partial charge on any atom is -0.377 e. The number of rotatable bonds is 5. The van der Waals surface area contributed by atoms with Gasteiger partial charge in [-0.05, 0) is 44.2 Å². The summed E-state index contributed by atoms with van der Waals surface area (Å²) in [5, 5.41) is 0. The molecule has 2 fully saturated rings. The molecule has 0 radical (unpaired) electrons. The molecule has 138 valence electrons. The summed E-state index contributed by atoms with van der Waals surface area (Å²) in [6.07, 6.45) is 1.80. The number of nitrogens with one attached hydrogen (secondary N) is 1. The van der Waals surface area contributed by atoms with Gasteiger partial charge >= 0.3 is 0 Å². The molecule has 0 bridgehead atoms. The number of likely N-dealkylation sites (N-methyl/N-ethyl adjacent to an activating group) is 1. The van der Waals surface area contributed by atoms with E-state index in [2.05, 4.69) is 9.62 Å². The van der Waals surface area contributed by atoms with Crippen molar-refractivity contribution in [3.63, 3.8) is 0 Å². The number of carbonyl (C=O) groups is 1. The van der Waals surface area contributed by atoms with E-state index in [1.54, 1.807) is 17.0 Å². The van der Waals surface area contributed by atoms with Crippen LogP contribution in [-0.2, 0) is 14.8 Å². The van der Waals surface area contributed by atoms with Gasteiger partial charge in [0, 0.05) is 44.9 Å². The zero-order chi connectivity index (χ0) is 17.9. The SMILES string of the molecule is CN1CCN(C(=O)c2ccc(S(=O)(=O)NCC3CCCO3)cc2)CC1. The second-order valence-corrected chi connectivity index (χ2v) is 8.37. The lowest BCUT2D eigenvalue weighted by Gasteiger charge is -2.32. The van der Waals surface area contributed by atoms with Gasteiger partial charge in [-0.1, -0.05) is 0 Å². The predicted molar refractivity (Wildman–Crippen MR) is 94.0 cm³/mol. The third-order valence-electron chi connectivity index (χ3n) is 4.73. The van der Waals surface area contributed by atoms with E-state index in [0.717, 1.165) is 25.9 Å². The summed E-state index contributed by atoms with van der Waals surface area (Å²) >= 11 is 0. The number of hydrogen-bond acceptors (Lipinski definition) is 5. The van der Waals surface area contributed by atoms with E-state index >= 15 is 0 Å². The van der Waals surface area contributed by atoms with Crippen LogP contribution in [-0.4, -0.2) is 76.6 Å². The van der Waals surface area contributed by atoms with Crippen molar-refractivity contribution in [3.05, 3.63) is 29.8 Å². The van der Waals surface area contributed by atoms with Crippen LogP contribution < -0.4 is 4.72 Å². The van der Waals surface area contributed by atoms with Crippen LogP contribution in [0.2, 0.25) is 0 Å². The summed E-state index contributed by atoms with van der Waals surface area (Å²) < 4.78 is 32.7. The lowest BCUT2D eigenvalue weighted by Crippen LogP contribution is -2.47. The molecule has 8 heteroatoms. The molecule has 2 heterocycles. The number of benzene rings is 1. The third kappa shape index (κ3) is 4.58. The van der Waals surface area contributed by atoms with Gasteiger partial charge in [0.25, 0.3) is 5.91 Å². The summed E-state index contributed by atoms with van der Waals surface area (Å²) in [6, 6.07) is 6.14. The summed E-state index contributed by atoms with van der Waals surface area (Å²) in [5.41, 5.74) is 0.516. The molecule has 2 aliphatic rings. The number of carbonyl (C=O) groups excluding carboxylic acids is 1. The first kappa shape index (κ1) is 18.3. The molecule has 7 nitrogen and oxygen atoms in total. The van der Waals surface area contributed by atoms with E-state index < -0.39 is 10.0 Å². The Labute approximate surface area is 149 Å². The van der Waals surface area contributed by atoms with E-state index in [0.29, 0.717) is 25.3 Å². The van der Waals surface area contributed by atoms with Crippen LogP contribution in [0.15, 0.2) is 29.2 Å². The lowest BCUT2D eigenvalue weighted by atomic mass is 10.2. The number of hydrogen-bond donors (Lipinski definition) is 1. The highest BCUT2D eigenvalue weighted by Gasteiger charge is 2.22. The first-order valence-electron chi connectivity index (χ1n) is 8.65. The van der Waals surface area contributed by atoms with E-state index in [1.807, 2.05) is 7.05 Å². The molecule has 2 saturated heterocycles. The second-order valence-electron chi connectivity index (χ2n) is 6.61. The van der Waals surface area contributed by atoms with Gasteiger partial charge in [0.05, 0.1) is 11.0 Å². The number of nitrogens with zero attached hydrogens (tertiary/aromatic N) is 2. The monoisotopic (exact) mass is 367 g/mol. The summed E-state index contributed by atoms with van der Waals surface area (Å²) in [7, 11) is -1.55. The van der Waals surface area contributed by atoms with Crippen molar-refractivity contribution in [1.82, 2.24) is 14.5 Å². The van der Waals surface area contributed by atoms with Gasteiger partial charge in [-0.25, -0.2) is 13.1 Å². The third-order valence-corrected chi connectivity index (χ3v) is 6.17. The van der Waals surface area contributed by atoms with Crippen molar-refractivity contribution < 1.29 is 17.9 Å². The average molecular weight is 367 g/mol. The van der Waals surface area contributed by atoms with E-state index in [9.17, 15) is 13.2 Å². The smallest absolute Gasteiger partial charge is 0.253 e. The highest BCUT2D eigenvalue weighted by molar-refractivity contribution is 7.89. The molecule has 1 unspecified atom stereocenters. The molecule has 1 atom stereocenters. The summed E-state index contributed by atoms with van der Waals surface area (Å²) in [6.45, 7) is 4.06. The van der Waals surface area contributed by atoms with Crippen molar-refractivity contribution in [3.8, 4) is 0 Å². The molecule has 1 amide bonds. The second kappa shape index (κ2) is 7.82. The molecule has 0 saturated carbocycles. The van der Waals surface area contributed by atoms with Crippen molar-refractivity contribution >= 4 is 15.9 Å². The fraction of sp³-hybridized carbons (Fsp3) is 0.588. The van der Waals surface area contributed by atoms with E-state index in [1.165, 1.54) is 12.1 Å². The van der Waals surface area contributed by atoms with Gasteiger partial charge in [-0.15, -0.1) is 0 Å². The molecule has 1 aromatic carbocycles. The van der Waals surface area contributed by atoms with Crippen LogP contribution >= 0.6 is 0 Å². The van der Waals surface area contributed by atoms with E-state index in [4.69, 9.17) is 4.74 Å². The van der Waals surface area contributed by atoms with Crippen LogP contribution in [0.25, 0.3) is 0 Å². The molecule has 25 heavy (non-hydrogen) atoms. The van der Waals surface area contributed by atoms with Crippen LogP contribution in [0.3, 0.4) is 0 Å². The summed E-state index contributed by atoms with van der Waals surface area (Å²) in [5.74, 6) is -0.0515. The molecule has 2 aliphatic heterocycles. The Morgan fingerprint density at radius 1 is 1.20 bits per heavy atom. The molecule has 0 aliphatic carbocycles. The van der Waals surface area contributed by atoms with Crippen LogP contribution in [0, 0.1) is 0 Å². The van der Waals surface area contributed by atoms with Crippen molar-refractivity contribution in [1.29, 1.82) is 0 Å².